The van der Waals surface area contributed by atoms with Gasteiger partial charge in [-0.25, -0.2) is 0 Å². The summed E-state index contributed by atoms with van der Waals surface area (Å²) in [4.78, 5) is 6.42. The van der Waals surface area contributed by atoms with E-state index in [0.717, 1.165) is 17.8 Å². The van der Waals surface area contributed by atoms with Crippen LogP contribution in [0, 0.1) is 22.7 Å². The molecule has 2 aromatic heterocycles. The van der Waals surface area contributed by atoms with Gasteiger partial charge < -0.3 is 15.0 Å². The zero-order valence-corrected chi connectivity index (χ0v) is 16.7. The summed E-state index contributed by atoms with van der Waals surface area (Å²) in [5.41, 5.74) is 9.86. The summed E-state index contributed by atoms with van der Waals surface area (Å²) in [6.07, 6.45) is 1.72. The average Bonchev–Trinajstić information content (AvgIpc) is 3.06. The van der Waals surface area contributed by atoms with Crippen LogP contribution in [0.3, 0.4) is 0 Å². The molecule has 3 heterocycles. The molecule has 28 heavy (non-hydrogen) atoms. The summed E-state index contributed by atoms with van der Waals surface area (Å²) >= 11 is 0. The van der Waals surface area contributed by atoms with Crippen molar-refractivity contribution in [3.8, 4) is 29.3 Å². The minimum atomic E-state index is 0.0490. The van der Waals surface area contributed by atoms with Crippen LogP contribution in [-0.4, -0.2) is 34.7 Å². The highest BCUT2D eigenvalue weighted by Crippen LogP contribution is 2.43. The Morgan fingerprint density at radius 3 is 2.61 bits per heavy atom. The van der Waals surface area contributed by atoms with Crippen molar-refractivity contribution in [3.63, 3.8) is 0 Å². The van der Waals surface area contributed by atoms with Crippen molar-refractivity contribution in [2.75, 3.05) is 25.9 Å². The second-order valence-corrected chi connectivity index (χ2v) is 7.02. The largest absolute Gasteiger partial charge is 0.477 e. The highest BCUT2D eigenvalue weighted by atomic mass is 16.5. The lowest BCUT2D eigenvalue weighted by molar-refractivity contribution is 0.226. The first-order valence-electron chi connectivity index (χ1n) is 9.24. The molecule has 1 aliphatic rings. The summed E-state index contributed by atoms with van der Waals surface area (Å²) in [7, 11) is 2.09. The number of fused-ring (bicyclic) bond motifs is 1. The van der Waals surface area contributed by atoms with E-state index in [1.54, 1.807) is 13.1 Å². The Kier molecular flexibility index (Phi) is 5.13. The molecule has 2 aromatic rings. The Morgan fingerprint density at radius 1 is 1.36 bits per heavy atom. The number of likely N-dealkylation sites (N-methyl/N-ethyl adjacent to an activating group) is 1. The average molecular weight is 376 g/mol. The monoisotopic (exact) mass is 376 g/mol. The fourth-order valence-corrected chi connectivity index (χ4v) is 4.01. The number of nitriles is 2. The Hall–Kier alpha value is -3.29. The Bertz CT molecular complexity index is 1020. The third-order valence-electron chi connectivity index (χ3n) is 5.38. The fourth-order valence-electron chi connectivity index (χ4n) is 4.01. The molecule has 0 aromatic carbocycles. The van der Waals surface area contributed by atoms with E-state index in [9.17, 15) is 10.5 Å². The lowest BCUT2D eigenvalue weighted by atomic mass is 9.93. The highest BCUT2D eigenvalue weighted by molar-refractivity contribution is 5.83. The molecule has 0 saturated carbocycles. The highest BCUT2D eigenvalue weighted by Gasteiger charge is 2.33. The van der Waals surface area contributed by atoms with Crippen LogP contribution in [0.4, 0.5) is 5.82 Å². The SMILES string of the molecule is C=Cn1c(-c2c(C#N)c(N)nc(OCC)c2C#N)cc2c1C(C)CN(C)C2C. The summed E-state index contributed by atoms with van der Waals surface area (Å²) in [5, 5.41) is 19.6. The molecule has 0 amide bonds. The number of anilines is 1. The number of pyridine rings is 1. The van der Waals surface area contributed by atoms with Gasteiger partial charge in [0.25, 0.3) is 0 Å². The zero-order valence-electron chi connectivity index (χ0n) is 16.7. The fraction of sp³-hybridized carbons (Fsp3) is 0.381. The number of nitrogens with two attached hydrogens (primary N) is 1. The Balaban J connectivity index is 2.42. The van der Waals surface area contributed by atoms with Gasteiger partial charge in [-0.15, -0.1) is 0 Å². The third-order valence-corrected chi connectivity index (χ3v) is 5.38. The molecule has 7 nitrogen and oxygen atoms in total. The van der Waals surface area contributed by atoms with Gasteiger partial charge in [-0.05, 0) is 32.5 Å². The molecule has 1 aliphatic heterocycles. The van der Waals surface area contributed by atoms with Gasteiger partial charge in [-0.3, -0.25) is 4.90 Å². The smallest absolute Gasteiger partial charge is 0.234 e. The molecule has 0 fully saturated rings. The molecule has 0 radical (unpaired) electrons. The topological polar surface area (TPSA) is 104 Å². The second-order valence-electron chi connectivity index (χ2n) is 7.02. The van der Waals surface area contributed by atoms with Crippen molar-refractivity contribution in [2.24, 2.45) is 0 Å². The zero-order chi connectivity index (χ0) is 20.6. The van der Waals surface area contributed by atoms with Crippen LogP contribution in [0.15, 0.2) is 12.6 Å². The maximum absolute atomic E-state index is 9.85. The number of rotatable bonds is 4. The van der Waals surface area contributed by atoms with Crippen molar-refractivity contribution in [1.29, 1.82) is 10.5 Å². The van der Waals surface area contributed by atoms with Crippen LogP contribution < -0.4 is 10.5 Å². The summed E-state index contributed by atoms with van der Waals surface area (Å²) in [6.45, 7) is 11.3. The first kappa shape index (κ1) is 19.5. The number of aromatic nitrogens is 2. The molecule has 144 valence electrons. The predicted molar refractivity (Wildman–Crippen MR) is 109 cm³/mol. The van der Waals surface area contributed by atoms with Crippen molar-refractivity contribution in [3.05, 3.63) is 35.0 Å². The van der Waals surface area contributed by atoms with Gasteiger partial charge in [0, 0.05) is 36.0 Å². The lowest BCUT2D eigenvalue weighted by Crippen LogP contribution is -2.32. The van der Waals surface area contributed by atoms with Crippen molar-refractivity contribution in [1.82, 2.24) is 14.5 Å². The van der Waals surface area contributed by atoms with Crippen molar-refractivity contribution in [2.45, 2.75) is 32.7 Å². The second kappa shape index (κ2) is 7.38. The van der Waals surface area contributed by atoms with Crippen LogP contribution >= 0.6 is 0 Å². The number of nitrogens with zero attached hydrogens (tertiary/aromatic N) is 5. The van der Waals surface area contributed by atoms with E-state index in [0.29, 0.717) is 17.9 Å². The normalized spacial score (nSPS) is 18.8. The standard InChI is InChI=1S/C21H24N6O/c1-6-27-17(8-14-13(4)26(5)11-12(3)19(14)27)18-15(9-22)20(24)25-21(28-7-2)16(18)10-23/h6,8,12-13H,1,7,11H2,2-5H3,(H2,24,25). The molecule has 0 spiro atoms. The molecule has 0 bridgehead atoms. The van der Waals surface area contributed by atoms with Crippen LogP contribution in [0.25, 0.3) is 17.5 Å². The summed E-state index contributed by atoms with van der Waals surface area (Å²) < 4.78 is 7.51. The van der Waals surface area contributed by atoms with E-state index in [2.05, 4.69) is 49.5 Å². The lowest BCUT2D eigenvalue weighted by Gasteiger charge is -2.34. The molecule has 2 atom stereocenters. The molecule has 2 unspecified atom stereocenters. The molecular formula is C21H24N6O. The maximum Gasteiger partial charge on any atom is 0.234 e. The number of hydrogen-bond donors (Lipinski definition) is 1. The molecular weight excluding hydrogens is 352 g/mol. The first-order valence-corrected chi connectivity index (χ1v) is 9.24. The van der Waals surface area contributed by atoms with E-state index in [1.807, 2.05) is 10.6 Å². The van der Waals surface area contributed by atoms with Gasteiger partial charge in [0.05, 0.1) is 12.3 Å². The number of hydrogen-bond acceptors (Lipinski definition) is 6. The molecule has 3 rings (SSSR count). The molecule has 0 aliphatic carbocycles. The van der Waals surface area contributed by atoms with Crippen molar-refractivity contribution < 1.29 is 4.74 Å². The Labute approximate surface area is 165 Å². The first-order chi connectivity index (χ1) is 13.4. The van der Waals surface area contributed by atoms with Gasteiger partial charge in [0.1, 0.15) is 29.1 Å². The van der Waals surface area contributed by atoms with Gasteiger partial charge in [-0.2, -0.15) is 15.5 Å². The van der Waals surface area contributed by atoms with Crippen LogP contribution in [0.5, 0.6) is 5.88 Å². The van der Waals surface area contributed by atoms with Gasteiger partial charge in [-0.1, -0.05) is 13.5 Å². The summed E-state index contributed by atoms with van der Waals surface area (Å²) in [6, 6.07) is 6.51. The molecule has 2 N–H and O–H groups in total. The summed E-state index contributed by atoms with van der Waals surface area (Å²) in [5.74, 6) is 0.460. The van der Waals surface area contributed by atoms with Gasteiger partial charge >= 0.3 is 0 Å². The van der Waals surface area contributed by atoms with E-state index in [4.69, 9.17) is 10.5 Å². The van der Waals surface area contributed by atoms with E-state index in [-0.39, 0.29) is 34.8 Å². The number of nitrogen functional groups attached to an aromatic ring is 1. The molecule has 7 heteroatoms. The Morgan fingerprint density at radius 2 is 2.04 bits per heavy atom. The third kappa shape index (κ3) is 2.81. The van der Waals surface area contributed by atoms with E-state index in [1.165, 1.54) is 0 Å². The molecule has 0 saturated heterocycles. The van der Waals surface area contributed by atoms with Gasteiger partial charge in [0.2, 0.25) is 5.88 Å². The minimum absolute atomic E-state index is 0.0490. The van der Waals surface area contributed by atoms with E-state index < -0.39 is 0 Å². The van der Waals surface area contributed by atoms with Crippen LogP contribution in [-0.2, 0) is 0 Å². The maximum atomic E-state index is 9.85. The van der Waals surface area contributed by atoms with Crippen molar-refractivity contribution >= 4 is 12.0 Å². The predicted octanol–water partition coefficient (Wildman–Crippen LogP) is 3.48. The van der Waals surface area contributed by atoms with Crippen LogP contribution in [0.1, 0.15) is 55.1 Å². The van der Waals surface area contributed by atoms with E-state index >= 15 is 0 Å². The number of ether oxygens (including phenoxy) is 1. The van der Waals surface area contributed by atoms with Crippen LogP contribution in [0.2, 0.25) is 0 Å². The van der Waals surface area contributed by atoms with Gasteiger partial charge in [0.15, 0.2) is 0 Å². The minimum Gasteiger partial charge on any atom is -0.477 e. The quantitative estimate of drug-likeness (QED) is 0.876.